The number of rotatable bonds is 10. The van der Waals surface area contributed by atoms with Gasteiger partial charge in [-0.05, 0) is 54.5 Å². The van der Waals surface area contributed by atoms with Crippen molar-refractivity contribution in [2.45, 2.75) is 51.9 Å². The quantitative estimate of drug-likeness (QED) is 0.328. The lowest BCUT2D eigenvalue weighted by atomic mass is 10.1. The van der Waals surface area contributed by atoms with E-state index >= 15 is 0 Å². The number of carbonyl (C=O) groups excluding carboxylic acids is 1. The molecule has 0 fully saturated rings. The Kier molecular flexibility index (Phi) is 12.5. The molecule has 2 aromatic carbocycles. The average molecular weight is 449 g/mol. The van der Waals surface area contributed by atoms with Crippen LogP contribution in [0.5, 0.6) is 0 Å². The molecule has 1 atom stereocenters. The third kappa shape index (κ3) is 8.92. The van der Waals surface area contributed by atoms with Gasteiger partial charge in [-0.1, -0.05) is 52.7 Å². The second kappa shape index (κ2) is 14.3. The Bertz CT molecular complexity index is 792. The third-order valence-electron chi connectivity index (χ3n) is 4.43. The van der Waals surface area contributed by atoms with Gasteiger partial charge in [0.2, 0.25) is 0 Å². The Hall–Kier alpha value is -1.79. The molecule has 0 radical (unpaired) electrons. The lowest BCUT2D eigenvalue weighted by Gasteiger charge is -2.19. The minimum atomic E-state index is -1.20. The fourth-order valence-corrected chi connectivity index (χ4v) is 4.11. The van der Waals surface area contributed by atoms with Crippen LogP contribution in [0.4, 0.5) is 11.4 Å². The van der Waals surface area contributed by atoms with Gasteiger partial charge in [0, 0.05) is 23.9 Å². The maximum atomic E-state index is 12.7. The molecular weight excluding hydrogens is 412 g/mol. The molecule has 0 bridgehead atoms. The molecule has 0 aromatic heterocycles. The van der Waals surface area contributed by atoms with E-state index in [0.717, 1.165) is 17.4 Å². The fourth-order valence-electron chi connectivity index (χ4n) is 2.76. The summed E-state index contributed by atoms with van der Waals surface area (Å²) in [6, 6.07) is 15.1. The summed E-state index contributed by atoms with van der Waals surface area (Å²) in [6.45, 7) is 8.52. The molecule has 6 heteroatoms. The predicted molar refractivity (Wildman–Crippen MR) is 134 cm³/mol. The molecule has 1 N–H and O–H groups in total. The maximum Gasteiger partial charge on any atom is 0.257 e. The zero-order valence-electron chi connectivity index (χ0n) is 19.1. The van der Waals surface area contributed by atoms with Crippen molar-refractivity contribution >= 4 is 40.0 Å². The average Bonchev–Trinajstić information content (AvgIpc) is 2.75. The first-order chi connectivity index (χ1) is 14.4. The first-order valence-electron chi connectivity index (χ1n) is 10.6. The second-order valence-corrected chi connectivity index (χ2v) is 9.72. The van der Waals surface area contributed by atoms with E-state index in [1.807, 2.05) is 62.0 Å². The number of amides is 1. The molecule has 4 nitrogen and oxygen atoms in total. The third-order valence-corrected chi connectivity index (χ3v) is 6.50. The SMILES string of the molecule is CC.CC(C)CCCCSc1ccc(NC(=O)c2ccccc2N(C)S(C)=O)cc1. The second-order valence-electron chi connectivity index (χ2n) is 7.15. The number of unbranched alkanes of at least 4 members (excludes halogenated alkanes) is 1. The maximum absolute atomic E-state index is 12.7. The van der Waals surface area contributed by atoms with E-state index in [-0.39, 0.29) is 5.91 Å². The van der Waals surface area contributed by atoms with Crippen LogP contribution < -0.4 is 9.62 Å². The monoisotopic (exact) mass is 448 g/mol. The largest absolute Gasteiger partial charge is 0.322 e. The molecule has 0 aliphatic heterocycles. The van der Waals surface area contributed by atoms with Crippen LogP contribution in [0.15, 0.2) is 53.4 Å². The van der Waals surface area contributed by atoms with Crippen LogP contribution in [0.25, 0.3) is 0 Å². The zero-order chi connectivity index (χ0) is 22.5. The fraction of sp³-hybridized carbons (Fsp3) is 0.458. The van der Waals surface area contributed by atoms with Crippen molar-refractivity contribution < 1.29 is 9.00 Å². The number of thioether (sulfide) groups is 1. The number of para-hydroxylation sites is 1. The summed E-state index contributed by atoms with van der Waals surface area (Å²) < 4.78 is 13.4. The van der Waals surface area contributed by atoms with E-state index in [1.165, 1.54) is 24.2 Å². The lowest BCUT2D eigenvalue weighted by Crippen LogP contribution is -2.23. The summed E-state index contributed by atoms with van der Waals surface area (Å²) in [5.41, 5.74) is 1.91. The van der Waals surface area contributed by atoms with Crippen LogP contribution >= 0.6 is 11.8 Å². The number of benzene rings is 2. The van der Waals surface area contributed by atoms with Gasteiger partial charge < -0.3 is 5.32 Å². The Morgan fingerprint density at radius 1 is 1.07 bits per heavy atom. The number of nitrogens with zero attached hydrogens (tertiary/aromatic N) is 1. The van der Waals surface area contributed by atoms with Crippen LogP contribution in [0.1, 0.15) is 57.3 Å². The molecule has 0 saturated carbocycles. The molecule has 0 heterocycles. The van der Waals surface area contributed by atoms with Crippen LogP contribution in [0, 0.1) is 5.92 Å². The van der Waals surface area contributed by atoms with Gasteiger partial charge in [-0.3, -0.25) is 9.10 Å². The summed E-state index contributed by atoms with van der Waals surface area (Å²) >= 11 is 1.85. The summed E-state index contributed by atoms with van der Waals surface area (Å²) in [6.07, 6.45) is 5.38. The van der Waals surface area contributed by atoms with Gasteiger partial charge in [0.05, 0.1) is 11.3 Å². The normalized spacial score (nSPS) is 11.4. The summed E-state index contributed by atoms with van der Waals surface area (Å²) in [4.78, 5) is 13.9. The standard InChI is InChI=1S/C22H30N2O2S2.C2H6/c1-17(2)9-7-8-16-27-19-14-12-18(13-15-19)23-22(25)20-10-5-6-11-21(20)24(3)28(4)26;1-2/h5-6,10-15,17H,7-9,16H2,1-4H3,(H,23,25);1-2H3. The number of nitrogens with one attached hydrogen (secondary N) is 1. The van der Waals surface area contributed by atoms with Crippen molar-refractivity contribution in [1.82, 2.24) is 0 Å². The van der Waals surface area contributed by atoms with Crippen molar-refractivity contribution in [2.75, 3.05) is 28.7 Å². The predicted octanol–water partition coefficient (Wildman–Crippen LogP) is 6.61. The minimum absolute atomic E-state index is 0.206. The summed E-state index contributed by atoms with van der Waals surface area (Å²) in [7, 11) is 0.523. The topological polar surface area (TPSA) is 49.4 Å². The van der Waals surface area contributed by atoms with Crippen molar-refractivity contribution in [1.29, 1.82) is 0 Å². The van der Waals surface area contributed by atoms with Crippen molar-refractivity contribution in [3.8, 4) is 0 Å². The summed E-state index contributed by atoms with van der Waals surface area (Å²) in [5.74, 6) is 1.68. The van der Waals surface area contributed by atoms with Gasteiger partial charge in [0.1, 0.15) is 11.0 Å². The van der Waals surface area contributed by atoms with Crippen LogP contribution in [0.2, 0.25) is 0 Å². The first-order valence-corrected chi connectivity index (χ1v) is 13.1. The van der Waals surface area contributed by atoms with Crippen molar-refractivity contribution in [3.63, 3.8) is 0 Å². The van der Waals surface area contributed by atoms with Crippen molar-refractivity contribution in [2.24, 2.45) is 5.92 Å². The molecule has 0 spiro atoms. The van der Waals surface area contributed by atoms with Gasteiger partial charge in [-0.25, -0.2) is 4.21 Å². The zero-order valence-corrected chi connectivity index (χ0v) is 20.7. The Labute approximate surface area is 189 Å². The molecule has 1 unspecified atom stereocenters. The molecule has 0 aliphatic carbocycles. The number of anilines is 2. The van der Waals surface area contributed by atoms with Crippen molar-refractivity contribution in [3.05, 3.63) is 54.1 Å². The van der Waals surface area contributed by atoms with E-state index in [0.29, 0.717) is 11.3 Å². The Morgan fingerprint density at radius 2 is 1.70 bits per heavy atom. The highest BCUT2D eigenvalue weighted by molar-refractivity contribution is 7.99. The van der Waals surface area contributed by atoms with Gasteiger partial charge >= 0.3 is 0 Å². The molecule has 0 saturated heterocycles. The lowest BCUT2D eigenvalue weighted by molar-refractivity contribution is 0.102. The van der Waals surface area contributed by atoms with E-state index < -0.39 is 11.0 Å². The van der Waals surface area contributed by atoms with Crippen LogP contribution in [-0.4, -0.2) is 29.2 Å². The first kappa shape index (κ1) is 26.2. The highest BCUT2D eigenvalue weighted by Gasteiger charge is 2.15. The smallest absolute Gasteiger partial charge is 0.257 e. The molecular formula is C24H36N2O2S2. The Morgan fingerprint density at radius 3 is 2.30 bits per heavy atom. The van der Waals surface area contributed by atoms with Gasteiger partial charge in [-0.2, -0.15) is 0 Å². The summed E-state index contributed by atoms with van der Waals surface area (Å²) in [5, 5.41) is 2.93. The molecule has 166 valence electrons. The van der Waals surface area contributed by atoms with E-state index in [2.05, 4.69) is 19.2 Å². The van der Waals surface area contributed by atoms with Crippen LogP contribution in [-0.2, 0) is 11.0 Å². The van der Waals surface area contributed by atoms with Gasteiger partial charge in [-0.15, -0.1) is 11.8 Å². The molecule has 2 rings (SSSR count). The van der Waals surface area contributed by atoms with Gasteiger partial charge in [0.25, 0.3) is 5.91 Å². The molecule has 30 heavy (non-hydrogen) atoms. The number of hydrogen-bond acceptors (Lipinski definition) is 3. The van der Waals surface area contributed by atoms with E-state index in [4.69, 9.17) is 0 Å². The molecule has 2 aromatic rings. The van der Waals surface area contributed by atoms with Crippen LogP contribution in [0.3, 0.4) is 0 Å². The number of carbonyl (C=O) groups is 1. The highest BCUT2D eigenvalue weighted by atomic mass is 32.2. The van der Waals surface area contributed by atoms with E-state index in [9.17, 15) is 9.00 Å². The Balaban J connectivity index is 0.00000218. The van der Waals surface area contributed by atoms with Gasteiger partial charge in [0.15, 0.2) is 0 Å². The molecule has 0 aliphatic rings. The molecule has 1 amide bonds. The van der Waals surface area contributed by atoms with E-state index in [1.54, 1.807) is 29.7 Å². The minimum Gasteiger partial charge on any atom is -0.322 e. The highest BCUT2D eigenvalue weighted by Crippen LogP contribution is 2.24. The number of hydrogen-bond donors (Lipinski definition) is 1.